The van der Waals surface area contributed by atoms with Crippen molar-refractivity contribution in [3.05, 3.63) is 0 Å². The van der Waals surface area contributed by atoms with Crippen LogP contribution in [0.2, 0.25) is 0 Å². The van der Waals surface area contributed by atoms with E-state index in [4.69, 9.17) is 5.11 Å². The molecule has 6 nitrogen and oxygen atoms in total. The minimum Gasteiger partial charge on any atom is -0.463 e. The summed E-state index contributed by atoms with van der Waals surface area (Å²) < 4.78 is 0. The van der Waals surface area contributed by atoms with Crippen LogP contribution in [-0.2, 0) is 4.84 Å². The Kier molecular flexibility index (Phi) is 3.73. The van der Waals surface area contributed by atoms with E-state index in [1.165, 1.54) is 14.1 Å². The van der Waals surface area contributed by atoms with Crippen molar-refractivity contribution in [1.82, 2.24) is 9.96 Å². The number of hydrogen-bond donors (Lipinski definition) is 1. The number of carbonyl (C=O) groups is 2. The Balaban J connectivity index is 4.56. The lowest BCUT2D eigenvalue weighted by Gasteiger charge is -2.31. The van der Waals surface area contributed by atoms with Crippen LogP contribution < -0.4 is 0 Å². The first kappa shape index (κ1) is 12.5. The number of carboxylic acid groups (broad SMARTS) is 1. The molecule has 0 aliphatic heterocycles. The molecule has 0 unspecified atom stereocenters. The second kappa shape index (κ2) is 4.17. The van der Waals surface area contributed by atoms with Crippen molar-refractivity contribution in [3.8, 4) is 0 Å². The first-order valence-electron chi connectivity index (χ1n) is 4.08. The monoisotopic (exact) mass is 204 g/mol. The highest BCUT2D eigenvalue weighted by atomic mass is 16.7. The van der Waals surface area contributed by atoms with Crippen molar-refractivity contribution in [1.29, 1.82) is 0 Å². The fourth-order valence-electron chi connectivity index (χ4n) is 0.623. The van der Waals surface area contributed by atoms with Gasteiger partial charge in [-0.2, -0.15) is 0 Å². The van der Waals surface area contributed by atoms with Crippen LogP contribution in [0.1, 0.15) is 20.8 Å². The van der Waals surface area contributed by atoms with Crippen molar-refractivity contribution >= 4 is 12.2 Å². The zero-order chi connectivity index (χ0) is 11.5. The molecule has 0 aromatic rings. The quantitative estimate of drug-likeness (QED) is 0.605. The maximum Gasteiger partial charge on any atom is 0.441 e. The van der Waals surface area contributed by atoms with E-state index in [0.29, 0.717) is 5.06 Å². The Morgan fingerprint density at radius 2 is 1.64 bits per heavy atom. The van der Waals surface area contributed by atoms with Crippen LogP contribution in [0.4, 0.5) is 9.59 Å². The predicted octanol–water partition coefficient (Wildman–Crippen LogP) is 1.38. The molecule has 0 fully saturated rings. The molecule has 0 radical (unpaired) electrons. The van der Waals surface area contributed by atoms with Crippen LogP contribution in [0.15, 0.2) is 0 Å². The molecule has 0 aromatic heterocycles. The third kappa shape index (κ3) is 3.51. The molecule has 0 saturated carbocycles. The number of amides is 2. The fraction of sp³-hybridized carbons (Fsp3) is 0.750. The highest BCUT2D eigenvalue weighted by molar-refractivity contribution is 5.71. The van der Waals surface area contributed by atoms with Crippen molar-refractivity contribution < 1.29 is 19.5 Å². The number of hydrogen-bond acceptors (Lipinski definition) is 3. The summed E-state index contributed by atoms with van der Waals surface area (Å²) in [5.41, 5.74) is -0.780. The van der Waals surface area contributed by atoms with Gasteiger partial charge in [0.25, 0.3) is 0 Å². The van der Waals surface area contributed by atoms with E-state index in [2.05, 4.69) is 4.84 Å². The number of carbonyl (C=O) groups excluding carboxylic acids is 1. The van der Waals surface area contributed by atoms with Gasteiger partial charge in [0.1, 0.15) is 0 Å². The normalized spacial score (nSPS) is 10.6. The molecule has 0 heterocycles. The van der Waals surface area contributed by atoms with Gasteiger partial charge >= 0.3 is 12.2 Å². The summed E-state index contributed by atoms with van der Waals surface area (Å²) in [6.07, 6.45) is -2.02. The van der Waals surface area contributed by atoms with E-state index in [9.17, 15) is 9.59 Å². The first-order valence-corrected chi connectivity index (χ1v) is 4.08. The number of hydroxylamine groups is 2. The van der Waals surface area contributed by atoms with Gasteiger partial charge in [-0.05, 0) is 20.8 Å². The molecule has 82 valence electrons. The molecule has 0 aliphatic carbocycles. The first-order chi connectivity index (χ1) is 6.16. The lowest BCUT2D eigenvalue weighted by molar-refractivity contribution is -0.135. The molecule has 0 spiro atoms. The summed E-state index contributed by atoms with van der Waals surface area (Å²) >= 11 is 0. The SMILES string of the molecule is CN(C)C(=O)ON(C(=O)O)C(C)(C)C. The van der Waals surface area contributed by atoms with Gasteiger partial charge in [0, 0.05) is 14.1 Å². The molecular weight excluding hydrogens is 188 g/mol. The Hall–Kier alpha value is -1.46. The largest absolute Gasteiger partial charge is 0.463 e. The molecule has 1 N–H and O–H groups in total. The molecule has 0 rings (SSSR count). The molecule has 2 amide bonds. The number of nitrogens with zero attached hydrogens (tertiary/aromatic N) is 2. The topological polar surface area (TPSA) is 70.1 Å². The van der Waals surface area contributed by atoms with Gasteiger partial charge in [-0.3, -0.25) is 0 Å². The molecule has 6 heteroatoms. The smallest absolute Gasteiger partial charge is 0.441 e. The molecule has 0 aliphatic rings. The summed E-state index contributed by atoms with van der Waals surface area (Å²) in [6, 6.07) is 0. The summed E-state index contributed by atoms with van der Waals surface area (Å²) in [6.45, 7) is 4.89. The fourth-order valence-corrected chi connectivity index (χ4v) is 0.623. The second-order valence-corrected chi connectivity index (χ2v) is 4.00. The molecule has 0 saturated heterocycles. The molecule has 14 heavy (non-hydrogen) atoms. The zero-order valence-electron chi connectivity index (χ0n) is 9.07. The van der Waals surface area contributed by atoms with Gasteiger partial charge in [-0.25, -0.2) is 9.59 Å². The maximum atomic E-state index is 11.1. The molecule has 0 aromatic carbocycles. The average Bonchev–Trinajstić information content (AvgIpc) is 1.96. The summed E-state index contributed by atoms with van der Waals surface area (Å²) in [7, 11) is 2.95. The summed E-state index contributed by atoms with van der Waals surface area (Å²) in [5, 5.41) is 9.39. The van der Waals surface area contributed by atoms with E-state index < -0.39 is 17.7 Å². The van der Waals surface area contributed by atoms with Crippen LogP contribution in [0.3, 0.4) is 0 Å². The Labute approximate surface area is 83.0 Å². The van der Waals surface area contributed by atoms with Gasteiger partial charge in [0.05, 0.1) is 5.54 Å². The van der Waals surface area contributed by atoms with Gasteiger partial charge < -0.3 is 14.8 Å². The highest BCUT2D eigenvalue weighted by Crippen LogP contribution is 2.14. The van der Waals surface area contributed by atoms with Crippen molar-refractivity contribution in [2.24, 2.45) is 0 Å². The molecule has 0 bridgehead atoms. The van der Waals surface area contributed by atoms with E-state index in [1.807, 2.05) is 0 Å². The van der Waals surface area contributed by atoms with Gasteiger partial charge in [-0.15, -0.1) is 5.06 Å². The van der Waals surface area contributed by atoms with Crippen LogP contribution in [0.5, 0.6) is 0 Å². The highest BCUT2D eigenvalue weighted by Gasteiger charge is 2.30. The summed E-state index contributed by atoms with van der Waals surface area (Å²) in [4.78, 5) is 27.7. The van der Waals surface area contributed by atoms with Crippen LogP contribution in [0.25, 0.3) is 0 Å². The maximum absolute atomic E-state index is 11.1. The Morgan fingerprint density at radius 1 is 1.21 bits per heavy atom. The average molecular weight is 204 g/mol. The molecular formula is C8H16N2O4. The second-order valence-electron chi connectivity index (χ2n) is 4.00. The molecule has 0 atom stereocenters. The van der Waals surface area contributed by atoms with Crippen molar-refractivity contribution in [3.63, 3.8) is 0 Å². The Bertz CT molecular complexity index is 232. The predicted molar refractivity (Wildman–Crippen MR) is 49.8 cm³/mol. The standard InChI is InChI=1S/C8H16N2O4/c1-8(2,3)10(6(11)12)14-7(13)9(4)5/h1-5H3,(H,11,12). The van der Waals surface area contributed by atoms with E-state index in [1.54, 1.807) is 20.8 Å². The lowest BCUT2D eigenvalue weighted by atomic mass is 10.1. The van der Waals surface area contributed by atoms with Gasteiger partial charge in [0.15, 0.2) is 0 Å². The number of rotatable bonds is 0. The minimum atomic E-state index is -1.30. The van der Waals surface area contributed by atoms with Gasteiger partial charge in [0.2, 0.25) is 0 Å². The van der Waals surface area contributed by atoms with Crippen LogP contribution in [-0.4, -0.2) is 46.9 Å². The van der Waals surface area contributed by atoms with Crippen molar-refractivity contribution in [2.45, 2.75) is 26.3 Å². The van der Waals surface area contributed by atoms with Crippen molar-refractivity contribution in [2.75, 3.05) is 14.1 Å². The van der Waals surface area contributed by atoms with Crippen LogP contribution in [0, 0.1) is 0 Å². The Morgan fingerprint density at radius 3 is 1.86 bits per heavy atom. The van der Waals surface area contributed by atoms with Crippen LogP contribution >= 0.6 is 0 Å². The zero-order valence-corrected chi connectivity index (χ0v) is 9.07. The van der Waals surface area contributed by atoms with E-state index >= 15 is 0 Å². The lowest BCUT2D eigenvalue weighted by Crippen LogP contribution is -2.47. The van der Waals surface area contributed by atoms with Gasteiger partial charge in [-0.1, -0.05) is 0 Å². The third-order valence-electron chi connectivity index (χ3n) is 1.32. The summed E-state index contributed by atoms with van der Waals surface area (Å²) in [5.74, 6) is 0. The third-order valence-corrected chi connectivity index (χ3v) is 1.32. The minimum absolute atomic E-state index is 0.620. The van der Waals surface area contributed by atoms with E-state index in [0.717, 1.165) is 4.90 Å². The van der Waals surface area contributed by atoms with E-state index in [-0.39, 0.29) is 0 Å².